The number of nitrogens with zero attached hydrogens (tertiary/aromatic N) is 1. The summed E-state index contributed by atoms with van der Waals surface area (Å²) < 4.78 is 5.53. The maximum Gasteiger partial charge on any atom is 0.407 e. The summed E-state index contributed by atoms with van der Waals surface area (Å²) in [6.07, 6.45) is 4.68. The predicted molar refractivity (Wildman–Crippen MR) is 122 cm³/mol. The largest absolute Gasteiger partial charge is 0.481 e. The molecule has 1 aliphatic heterocycles. The number of carboxylic acids is 1. The summed E-state index contributed by atoms with van der Waals surface area (Å²) in [5, 5.41) is 11.9. The van der Waals surface area contributed by atoms with Gasteiger partial charge in [0.15, 0.2) is 0 Å². The van der Waals surface area contributed by atoms with E-state index in [2.05, 4.69) is 23.4 Å². The lowest BCUT2D eigenvalue weighted by Crippen LogP contribution is -2.48. The monoisotopic (exact) mass is 446 g/mol. The number of benzene rings is 2. The minimum atomic E-state index is -0.967. The zero-order valence-electron chi connectivity index (χ0n) is 18.4. The van der Waals surface area contributed by atoms with Gasteiger partial charge in [-0.15, -0.1) is 12.3 Å². The maximum atomic E-state index is 12.9. The van der Waals surface area contributed by atoms with Crippen molar-refractivity contribution in [2.45, 2.75) is 25.3 Å². The zero-order valence-corrected chi connectivity index (χ0v) is 18.4. The van der Waals surface area contributed by atoms with E-state index in [9.17, 15) is 19.5 Å². The number of fused-ring (bicyclic) bond motifs is 3. The van der Waals surface area contributed by atoms with E-state index in [4.69, 9.17) is 11.2 Å². The Balaban J connectivity index is 1.41. The first-order valence-corrected chi connectivity index (χ1v) is 11.0. The molecule has 1 unspecified atom stereocenters. The van der Waals surface area contributed by atoms with Crippen molar-refractivity contribution in [3.8, 4) is 23.5 Å². The van der Waals surface area contributed by atoms with Crippen LogP contribution in [0.5, 0.6) is 0 Å². The Bertz CT molecular complexity index is 1080. The van der Waals surface area contributed by atoms with E-state index in [-0.39, 0.29) is 31.4 Å². The standard InChI is InChI=1S/C26H26N2O5/c1-3-8-23(24(29)28-13-16(2)21(14-28)25(30)31)27-26(32)33-15-22-19-11-6-4-9-17(19)18-10-5-7-12-20(18)22/h1,4-7,9-12,16,21-23H,8,13-15H2,2H3,(H,27,32)(H,30,31)/t16-,21-,23?/m1/s1. The van der Waals surface area contributed by atoms with Crippen LogP contribution in [0.1, 0.15) is 30.4 Å². The molecule has 0 spiro atoms. The molecular weight excluding hydrogens is 420 g/mol. The minimum absolute atomic E-state index is 0.00829. The van der Waals surface area contributed by atoms with Gasteiger partial charge in [-0.1, -0.05) is 55.5 Å². The van der Waals surface area contributed by atoms with Crippen molar-refractivity contribution in [1.82, 2.24) is 10.2 Å². The van der Waals surface area contributed by atoms with E-state index in [1.165, 1.54) is 4.90 Å². The third-order valence-electron chi connectivity index (χ3n) is 6.50. The van der Waals surface area contributed by atoms with Crippen LogP contribution in [0.2, 0.25) is 0 Å². The molecule has 33 heavy (non-hydrogen) atoms. The number of alkyl carbamates (subject to hydrolysis) is 1. The number of nitrogens with one attached hydrogen (secondary N) is 1. The SMILES string of the molecule is C#CCC(NC(=O)OCC1c2ccccc2-c2ccccc21)C(=O)N1C[C@@H](C)[C@H](C(=O)O)C1. The highest BCUT2D eigenvalue weighted by Gasteiger charge is 2.39. The average molecular weight is 447 g/mol. The highest BCUT2D eigenvalue weighted by atomic mass is 16.5. The normalized spacial score (nSPS) is 19.8. The van der Waals surface area contributed by atoms with E-state index in [0.717, 1.165) is 22.3 Å². The first-order chi connectivity index (χ1) is 15.9. The van der Waals surface area contributed by atoms with Crippen LogP contribution >= 0.6 is 0 Å². The van der Waals surface area contributed by atoms with Crippen molar-refractivity contribution in [2.75, 3.05) is 19.7 Å². The molecule has 1 heterocycles. The van der Waals surface area contributed by atoms with Crippen LogP contribution in [0, 0.1) is 24.2 Å². The van der Waals surface area contributed by atoms with Gasteiger partial charge in [0.2, 0.25) is 5.91 Å². The van der Waals surface area contributed by atoms with Gasteiger partial charge in [0.1, 0.15) is 12.6 Å². The molecule has 7 heteroatoms. The number of terminal acetylenes is 1. The van der Waals surface area contributed by atoms with Gasteiger partial charge in [-0.2, -0.15) is 0 Å². The van der Waals surface area contributed by atoms with Crippen molar-refractivity contribution in [1.29, 1.82) is 0 Å². The third-order valence-corrected chi connectivity index (χ3v) is 6.50. The molecule has 1 aliphatic carbocycles. The Morgan fingerprint density at radius 3 is 2.27 bits per heavy atom. The first-order valence-electron chi connectivity index (χ1n) is 11.0. The van der Waals surface area contributed by atoms with Crippen LogP contribution in [0.15, 0.2) is 48.5 Å². The molecule has 3 atom stereocenters. The van der Waals surface area contributed by atoms with Crippen molar-refractivity contribution in [2.24, 2.45) is 11.8 Å². The van der Waals surface area contributed by atoms with Gasteiger partial charge in [-0.25, -0.2) is 4.79 Å². The molecule has 0 aromatic heterocycles. The fourth-order valence-corrected chi connectivity index (χ4v) is 4.79. The Kier molecular flexibility index (Phi) is 6.36. The van der Waals surface area contributed by atoms with Gasteiger partial charge >= 0.3 is 12.1 Å². The Morgan fingerprint density at radius 2 is 1.73 bits per heavy atom. The molecule has 170 valence electrons. The van der Waals surface area contributed by atoms with Crippen molar-refractivity contribution in [3.63, 3.8) is 0 Å². The fraction of sp³-hybridized carbons (Fsp3) is 0.346. The summed E-state index contributed by atoms with van der Waals surface area (Å²) in [4.78, 5) is 38.4. The van der Waals surface area contributed by atoms with Crippen LogP contribution in [0.25, 0.3) is 11.1 Å². The van der Waals surface area contributed by atoms with Crippen LogP contribution in [0.3, 0.4) is 0 Å². The quantitative estimate of drug-likeness (QED) is 0.665. The van der Waals surface area contributed by atoms with Crippen molar-refractivity contribution in [3.05, 3.63) is 59.7 Å². The molecule has 0 saturated carbocycles. The van der Waals surface area contributed by atoms with Crippen LogP contribution in [0.4, 0.5) is 4.79 Å². The van der Waals surface area contributed by atoms with Gasteiger partial charge in [0.25, 0.3) is 0 Å². The van der Waals surface area contributed by atoms with E-state index >= 15 is 0 Å². The average Bonchev–Trinajstić information content (AvgIpc) is 3.35. The summed E-state index contributed by atoms with van der Waals surface area (Å²) in [6, 6.07) is 15.1. The fourth-order valence-electron chi connectivity index (χ4n) is 4.79. The summed E-state index contributed by atoms with van der Waals surface area (Å²) in [5.41, 5.74) is 4.43. The summed E-state index contributed by atoms with van der Waals surface area (Å²) in [7, 11) is 0. The molecule has 0 bridgehead atoms. The Morgan fingerprint density at radius 1 is 1.12 bits per heavy atom. The second-order valence-electron chi connectivity index (χ2n) is 8.60. The Labute approximate surface area is 192 Å². The summed E-state index contributed by atoms with van der Waals surface area (Å²) in [5.74, 6) is 0.186. The number of amides is 2. The van der Waals surface area contributed by atoms with Gasteiger partial charge in [0.05, 0.1) is 5.92 Å². The molecule has 2 N–H and O–H groups in total. The van der Waals surface area contributed by atoms with Crippen molar-refractivity contribution >= 4 is 18.0 Å². The first kappa shape index (κ1) is 22.4. The van der Waals surface area contributed by atoms with Crippen LogP contribution in [-0.2, 0) is 14.3 Å². The molecular formula is C26H26N2O5. The van der Waals surface area contributed by atoms with E-state index in [1.54, 1.807) is 6.92 Å². The zero-order chi connectivity index (χ0) is 23.5. The second kappa shape index (κ2) is 9.37. The number of carbonyl (C=O) groups excluding carboxylic acids is 2. The molecule has 2 aromatic rings. The number of hydrogen-bond acceptors (Lipinski definition) is 4. The minimum Gasteiger partial charge on any atom is -0.481 e. The van der Waals surface area contributed by atoms with Crippen molar-refractivity contribution < 1.29 is 24.2 Å². The number of carboxylic acid groups (broad SMARTS) is 1. The number of ether oxygens (including phenoxy) is 1. The molecule has 2 amide bonds. The topological polar surface area (TPSA) is 95.9 Å². The molecule has 0 radical (unpaired) electrons. The lowest BCUT2D eigenvalue weighted by Gasteiger charge is -2.23. The molecule has 2 aromatic carbocycles. The molecule has 1 fully saturated rings. The molecule has 2 aliphatic rings. The summed E-state index contributed by atoms with van der Waals surface area (Å²) >= 11 is 0. The number of hydrogen-bond donors (Lipinski definition) is 2. The third kappa shape index (κ3) is 4.42. The number of carbonyl (C=O) groups is 3. The summed E-state index contributed by atoms with van der Waals surface area (Å²) in [6.45, 7) is 2.33. The van der Waals surface area contributed by atoms with E-state index in [1.807, 2.05) is 36.4 Å². The van der Waals surface area contributed by atoms with Crippen LogP contribution in [-0.4, -0.2) is 53.7 Å². The van der Waals surface area contributed by atoms with E-state index < -0.39 is 29.9 Å². The number of aliphatic carboxylic acids is 1. The smallest absolute Gasteiger partial charge is 0.407 e. The molecule has 4 rings (SSSR count). The molecule has 1 saturated heterocycles. The maximum absolute atomic E-state index is 12.9. The second-order valence-corrected chi connectivity index (χ2v) is 8.60. The lowest BCUT2D eigenvalue weighted by molar-refractivity contribution is -0.142. The molecule has 7 nitrogen and oxygen atoms in total. The van der Waals surface area contributed by atoms with Gasteiger partial charge in [-0.3, -0.25) is 9.59 Å². The highest BCUT2D eigenvalue weighted by Crippen LogP contribution is 2.44. The van der Waals surface area contributed by atoms with Crippen LogP contribution < -0.4 is 5.32 Å². The highest BCUT2D eigenvalue weighted by molar-refractivity contribution is 5.87. The predicted octanol–water partition coefficient (Wildman–Crippen LogP) is 3.10. The lowest BCUT2D eigenvalue weighted by atomic mass is 9.98. The van der Waals surface area contributed by atoms with Gasteiger partial charge < -0.3 is 20.1 Å². The van der Waals surface area contributed by atoms with E-state index in [0.29, 0.717) is 6.54 Å². The number of likely N-dealkylation sites (tertiary alicyclic amines) is 1. The Hall–Kier alpha value is -3.79. The van der Waals surface area contributed by atoms with Gasteiger partial charge in [-0.05, 0) is 28.2 Å². The van der Waals surface area contributed by atoms with Gasteiger partial charge in [0, 0.05) is 25.4 Å². The number of rotatable bonds is 6.